The summed E-state index contributed by atoms with van der Waals surface area (Å²) in [5.74, 6) is -0.0186. The molecule has 6 nitrogen and oxygen atoms in total. The molecule has 1 unspecified atom stereocenters. The minimum Gasteiger partial charge on any atom is -0.354 e. The van der Waals surface area contributed by atoms with Gasteiger partial charge in [-0.15, -0.1) is 0 Å². The molecule has 1 atom stereocenters. The van der Waals surface area contributed by atoms with E-state index in [1.165, 1.54) is 10.9 Å². The molecule has 1 aromatic heterocycles. The number of halogens is 1. The van der Waals surface area contributed by atoms with E-state index in [0.717, 1.165) is 16.7 Å². The zero-order chi connectivity index (χ0) is 16.1. The van der Waals surface area contributed by atoms with Gasteiger partial charge in [-0.25, -0.2) is 9.48 Å². The van der Waals surface area contributed by atoms with Crippen LogP contribution >= 0.6 is 11.6 Å². The molecule has 22 heavy (non-hydrogen) atoms. The summed E-state index contributed by atoms with van der Waals surface area (Å²) in [5, 5.41) is 7.40. The van der Waals surface area contributed by atoms with Gasteiger partial charge >= 0.3 is 5.69 Å². The number of amides is 1. The number of carbonyl (C=O) groups is 1. The summed E-state index contributed by atoms with van der Waals surface area (Å²) in [4.78, 5) is 23.6. The Morgan fingerprint density at radius 2 is 2.05 bits per heavy atom. The van der Waals surface area contributed by atoms with E-state index in [0.29, 0.717) is 11.6 Å². The predicted octanol–water partition coefficient (Wildman–Crippen LogP) is 1.55. The number of nitrogens with zero attached hydrogens (tertiary/aromatic N) is 3. The SMILES string of the molecule is CCC(CNC(=O)Cn1ncn(C)c1=O)c1ccc(Cl)cc1. The summed E-state index contributed by atoms with van der Waals surface area (Å²) >= 11 is 5.88. The van der Waals surface area contributed by atoms with Crippen molar-refractivity contribution in [1.82, 2.24) is 19.7 Å². The molecule has 2 rings (SSSR count). The maximum atomic E-state index is 11.9. The fourth-order valence-electron chi connectivity index (χ4n) is 2.19. The number of hydrogen-bond acceptors (Lipinski definition) is 3. The van der Waals surface area contributed by atoms with Crippen LogP contribution in [0.25, 0.3) is 0 Å². The summed E-state index contributed by atoms with van der Waals surface area (Å²) in [6, 6.07) is 7.61. The molecule has 0 fully saturated rings. The van der Waals surface area contributed by atoms with Gasteiger partial charge in [0.25, 0.3) is 0 Å². The van der Waals surface area contributed by atoms with E-state index >= 15 is 0 Å². The van der Waals surface area contributed by atoms with Crippen molar-refractivity contribution in [3.63, 3.8) is 0 Å². The van der Waals surface area contributed by atoms with Gasteiger partial charge in [0.1, 0.15) is 12.9 Å². The van der Waals surface area contributed by atoms with Crippen LogP contribution in [0.3, 0.4) is 0 Å². The molecule has 7 heteroatoms. The highest BCUT2D eigenvalue weighted by Crippen LogP contribution is 2.20. The van der Waals surface area contributed by atoms with Crippen molar-refractivity contribution in [2.45, 2.75) is 25.8 Å². The van der Waals surface area contributed by atoms with Gasteiger partial charge in [-0.3, -0.25) is 9.36 Å². The average molecular weight is 323 g/mol. The lowest BCUT2D eigenvalue weighted by atomic mass is 9.96. The highest BCUT2D eigenvalue weighted by atomic mass is 35.5. The smallest absolute Gasteiger partial charge is 0.345 e. The third-order valence-corrected chi connectivity index (χ3v) is 3.81. The Labute approximate surface area is 133 Å². The standard InChI is InChI=1S/C15H19ClN4O2/c1-3-11(12-4-6-13(16)7-5-12)8-17-14(21)9-20-15(22)19(2)10-18-20/h4-7,10-11H,3,8-9H2,1-2H3,(H,17,21). The predicted molar refractivity (Wildman–Crippen MR) is 85.0 cm³/mol. The molecule has 0 radical (unpaired) electrons. The Balaban J connectivity index is 1.92. The van der Waals surface area contributed by atoms with Crippen molar-refractivity contribution < 1.29 is 4.79 Å². The Kier molecular flexibility index (Phi) is 5.38. The number of rotatable bonds is 6. The van der Waals surface area contributed by atoms with Gasteiger partial charge in [0.05, 0.1) is 0 Å². The fourth-order valence-corrected chi connectivity index (χ4v) is 2.32. The highest BCUT2D eigenvalue weighted by molar-refractivity contribution is 6.30. The molecule has 0 spiro atoms. The van der Waals surface area contributed by atoms with Gasteiger partial charge in [0.15, 0.2) is 0 Å². The number of hydrogen-bond donors (Lipinski definition) is 1. The van der Waals surface area contributed by atoms with Crippen LogP contribution in [0.15, 0.2) is 35.4 Å². The number of carbonyl (C=O) groups excluding carboxylic acids is 1. The number of benzene rings is 1. The van der Waals surface area contributed by atoms with Gasteiger partial charge in [0, 0.05) is 24.5 Å². The van der Waals surface area contributed by atoms with Crippen LogP contribution in [0, 0.1) is 0 Å². The summed E-state index contributed by atoms with van der Waals surface area (Å²) in [5.41, 5.74) is 0.821. The maximum Gasteiger partial charge on any atom is 0.345 e. The van der Waals surface area contributed by atoms with Crippen molar-refractivity contribution in [3.05, 3.63) is 51.7 Å². The van der Waals surface area contributed by atoms with Crippen LogP contribution in [0.1, 0.15) is 24.8 Å². The van der Waals surface area contributed by atoms with E-state index in [9.17, 15) is 9.59 Å². The van der Waals surface area contributed by atoms with Crippen molar-refractivity contribution in [2.24, 2.45) is 7.05 Å². The molecule has 0 aliphatic rings. The van der Waals surface area contributed by atoms with Crippen LogP contribution in [-0.4, -0.2) is 26.8 Å². The van der Waals surface area contributed by atoms with Crippen LogP contribution in [0.4, 0.5) is 0 Å². The molecule has 0 aliphatic carbocycles. The minimum absolute atomic E-state index is 0.0727. The highest BCUT2D eigenvalue weighted by Gasteiger charge is 2.12. The lowest BCUT2D eigenvalue weighted by Crippen LogP contribution is -2.35. The minimum atomic E-state index is -0.306. The van der Waals surface area contributed by atoms with E-state index in [-0.39, 0.29) is 24.1 Å². The Morgan fingerprint density at radius 1 is 1.36 bits per heavy atom. The molecule has 118 valence electrons. The molecule has 1 N–H and O–H groups in total. The van der Waals surface area contributed by atoms with Gasteiger partial charge < -0.3 is 5.32 Å². The second kappa shape index (κ2) is 7.26. The largest absolute Gasteiger partial charge is 0.354 e. The van der Waals surface area contributed by atoms with Gasteiger partial charge in [-0.2, -0.15) is 5.10 Å². The first-order valence-corrected chi connectivity index (χ1v) is 7.49. The first-order valence-electron chi connectivity index (χ1n) is 7.12. The van der Waals surface area contributed by atoms with Crippen molar-refractivity contribution in [2.75, 3.05) is 6.54 Å². The summed E-state index contributed by atoms with van der Waals surface area (Å²) in [6.07, 6.45) is 2.28. The Morgan fingerprint density at radius 3 is 2.59 bits per heavy atom. The van der Waals surface area contributed by atoms with Crippen LogP contribution in [-0.2, 0) is 18.4 Å². The van der Waals surface area contributed by atoms with Crippen LogP contribution < -0.4 is 11.0 Å². The normalized spacial score (nSPS) is 12.1. The van der Waals surface area contributed by atoms with E-state index < -0.39 is 0 Å². The van der Waals surface area contributed by atoms with E-state index in [1.54, 1.807) is 7.05 Å². The van der Waals surface area contributed by atoms with Gasteiger partial charge in [-0.05, 0) is 24.1 Å². The fraction of sp³-hybridized carbons (Fsp3) is 0.400. The number of aromatic nitrogens is 3. The van der Waals surface area contributed by atoms with E-state index in [4.69, 9.17) is 11.6 Å². The monoisotopic (exact) mass is 322 g/mol. The van der Waals surface area contributed by atoms with Crippen molar-refractivity contribution in [3.8, 4) is 0 Å². The Bertz CT molecular complexity index is 690. The van der Waals surface area contributed by atoms with E-state index in [2.05, 4.69) is 17.3 Å². The van der Waals surface area contributed by atoms with Gasteiger partial charge in [-0.1, -0.05) is 30.7 Å². The zero-order valence-electron chi connectivity index (χ0n) is 12.6. The number of aryl methyl sites for hydroxylation is 1. The molecule has 0 saturated heterocycles. The topological polar surface area (TPSA) is 68.9 Å². The lowest BCUT2D eigenvalue weighted by molar-refractivity contribution is -0.122. The van der Waals surface area contributed by atoms with Crippen LogP contribution in [0.5, 0.6) is 0 Å². The first-order chi connectivity index (χ1) is 10.5. The van der Waals surface area contributed by atoms with Crippen LogP contribution in [0.2, 0.25) is 5.02 Å². The second-order valence-corrected chi connectivity index (χ2v) is 5.58. The molecule has 0 aliphatic heterocycles. The third kappa shape index (κ3) is 3.98. The molecule has 2 aromatic rings. The molecule has 1 aromatic carbocycles. The summed E-state index contributed by atoms with van der Waals surface area (Å²) in [6.45, 7) is 2.50. The molecule has 1 heterocycles. The molecule has 0 bridgehead atoms. The Hall–Kier alpha value is -2.08. The second-order valence-electron chi connectivity index (χ2n) is 5.14. The third-order valence-electron chi connectivity index (χ3n) is 3.56. The van der Waals surface area contributed by atoms with E-state index in [1.807, 2.05) is 24.3 Å². The van der Waals surface area contributed by atoms with Crippen molar-refractivity contribution >= 4 is 17.5 Å². The first kappa shape index (κ1) is 16.3. The lowest BCUT2D eigenvalue weighted by Gasteiger charge is -2.16. The number of nitrogens with one attached hydrogen (secondary N) is 1. The molecule has 1 amide bonds. The molecule has 0 saturated carbocycles. The average Bonchev–Trinajstić information content (AvgIpc) is 2.81. The maximum absolute atomic E-state index is 11.9. The van der Waals surface area contributed by atoms with Gasteiger partial charge in [0.2, 0.25) is 5.91 Å². The molecular weight excluding hydrogens is 304 g/mol. The van der Waals surface area contributed by atoms with Crippen molar-refractivity contribution in [1.29, 1.82) is 0 Å². The quantitative estimate of drug-likeness (QED) is 0.877. The zero-order valence-corrected chi connectivity index (χ0v) is 13.4. The molecular formula is C15H19ClN4O2. The summed E-state index contributed by atoms with van der Waals surface area (Å²) < 4.78 is 2.47. The summed E-state index contributed by atoms with van der Waals surface area (Å²) in [7, 11) is 1.59.